The molecule has 1 aromatic rings. The molecule has 13 heavy (non-hydrogen) atoms. The molecule has 0 saturated carbocycles. The molecule has 68 valence electrons. The first kappa shape index (κ1) is 10.1. The van der Waals surface area contributed by atoms with E-state index in [0.717, 1.165) is 5.56 Å². The van der Waals surface area contributed by atoms with Crippen LogP contribution in [0.2, 0.25) is 0 Å². The quantitative estimate of drug-likeness (QED) is 0.662. The normalized spacial score (nSPS) is 14.6. The van der Waals surface area contributed by atoms with Gasteiger partial charge in [0.1, 0.15) is 5.38 Å². The van der Waals surface area contributed by atoms with Gasteiger partial charge >= 0.3 is 0 Å². The molecule has 0 aliphatic rings. The minimum atomic E-state index is -0.442. The van der Waals surface area contributed by atoms with Crippen molar-refractivity contribution in [2.24, 2.45) is 0 Å². The highest BCUT2D eigenvalue weighted by Gasteiger charge is 2.14. The molecule has 1 rings (SSSR count). The predicted octanol–water partition coefficient (Wildman–Crippen LogP) is 3.23. The second kappa shape index (κ2) is 4.30. The summed E-state index contributed by atoms with van der Waals surface area (Å²) in [5.74, 6) is 0.0901. The minimum absolute atomic E-state index is 0.0901. The number of hydrogen-bond acceptors (Lipinski definition) is 1. The molecule has 0 saturated heterocycles. The zero-order valence-electron chi connectivity index (χ0n) is 7.79. The summed E-state index contributed by atoms with van der Waals surface area (Å²) >= 11 is 5.83. The third kappa shape index (κ3) is 2.47. The van der Waals surface area contributed by atoms with E-state index in [1.807, 2.05) is 44.2 Å². The standard InChI is InChI=1S/C11H12ClN/c1-8-3-5-10(6-4-8)9(2)11(12)7-13/h3-6,9,11H,1-2H3. The Hall–Kier alpha value is -1.00. The van der Waals surface area contributed by atoms with Gasteiger partial charge in [0.25, 0.3) is 0 Å². The van der Waals surface area contributed by atoms with Crippen LogP contribution >= 0.6 is 11.6 Å². The van der Waals surface area contributed by atoms with Crippen LogP contribution in [-0.4, -0.2) is 5.38 Å². The first-order valence-electron chi connectivity index (χ1n) is 4.25. The van der Waals surface area contributed by atoms with Crippen molar-refractivity contribution in [2.75, 3.05) is 0 Å². The predicted molar refractivity (Wildman–Crippen MR) is 54.8 cm³/mol. The van der Waals surface area contributed by atoms with E-state index in [1.165, 1.54) is 5.56 Å². The molecule has 2 atom stereocenters. The fourth-order valence-electron chi connectivity index (χ4n) is 1.15. The van der Waals surface area contributed by atoms with Gasteiger partial charge in [0.15, 0.2) is 0 Å². The first-order chi connectivity index (χ1) is 6.15. The summed E-state index contributed by atoms with van der Waals surface area (Å²) in [4.78, 5) is 0. The Morgan fingerprint density at radius 2 is 1.85 bits per heavy atom. The second-order valence-electron chi connectivity index (χ2n) is 3.23. The van der Waals surface area contributed by atoms with Crippen LogP contribution in [0.4, 0.5) is 0 Å². The first-order valence-corrected chi connectivity index (χ1v) is 4.69. The molecule has 2 unspecified atom stereocenters. The molecule has 0 fully saturated rings. The number of halogens is 1. The van der Waals surface area contributed by atoms with Crippen molar-refractivity contribution in [1.29, 1.82) is 5.26 Å². The van der Waals surface area contributed by atoms with Gasteiger partial charge in [-0.15, -0.1) is 11.6 Å². The summed E-state index contributed by atoms with van der Waals surface area (Å²) in [6.45, 7) is 4.00. The van der Waals surface area contributed by atoms with Crippen molar-refractivity contribution in [2.45, 2.75) is 25.1 Å². The molecule has 0 aromatic heterocycles. The molecule has 0 aliphatic carbocycles. The van der Waals surface area contributed by atoms with Crippen LogP contribution in [-0.2, 0) is 0 Å². The Balaban J connectivity index is 2.84. The summed E-state index contributed by atoms with van der Waals surface area (Å²) in [5.41, 5.74) is 2.34. The van der Waals surface area contributed by atoms with Crippen LogP contribution < -0.4 is 0 Å². The molecule has 0 bridgehead atoms. The number of nitriles is 1. The lowest BCUT2D eigenvalue weighted by Crippen LogP contribution is -2.06. The maximum Gasteiger partial charge on any atom is 0.127 e. The lowest BCUT2D eigenvalue weighted by molar-refractivity contribution is 0.796. The van der Waals surface area contributed by atoms with E-state index in [4.69, 9.17) is 16.9 Å². The Morgan fingerprint density at radius 3 is 2.31 bits per heavy atom. The molecule has 0 aliphatic heterocycles. The zero-order chi connectivity index (χ0) is 9.84. The molecule has 1 nitrogen and oxygen atoms in total. The topological polar surface area (TPSA) is 23.8 Å². The monoisotopic (exact) mass is 193 g/mol. The van der Waals surface area contributed by atoms with Crippen molar-refractivity contribution < 1.29 is 0 Å². The highest BCUT2D eigenvalue weighted by molar-refractivity contribution is 6.22. The van der Waals surface area contributed by atoms with Crippen LogP contribution in [0.25, 0.3) is 0 Å². The van der Waals surface area contributed by atoms with Crippen LogP contribution in [0.15, 0.2) is 24.3 Å². The van der Waals surface area contributed by atoms with E-state index < -0.39 is 5.38 Å². The Kier molecular flexibility index (Phi) is 3.33. The molecular weight excluding hydrogens is 182 g/mol. The summed E-state index contributed by atoms with van der Waals surface area (Å²) in [7, 11) is 0. The maximum absolute atomic E-state index is 8.64. The lowest BCUT2D eigenvalue weighted by atomic mass is 9.97. The van der Waals surface area contributed by atoms with Crippen molar-refractivity contribution in [3.05, 3.63) is 35.4 Å². The molecule has 0 N–H and O–H groups in total. The summed E-state index contributed by atoms with van der Waals surface area (Å²) in [6.07, 6.45) is 0. The average molecular weight is 194 g/mol. The zero-order valence-corrected chi connectivity index (χ0v) is 8.55. The van der Waals surface area contributed by atoms with E-state index in [2.05, 4.69) is 0 Å². The highest BCUT2D eigenvalue weighted by atomic mass is 35.5. The van der Waals surface area contributed by atoms with Crippen molar-refractivity contribution in [1.82, 2.24) is 0 Å². The summed E-state index contributed by atoms with van der Waals surface area (Å²) < 4.78 is 0. The number of benzene rings is 1. The minimum Gasteiger partial charge on any atom is -0.197 e. The number of hydrogen-bond donors (Lipinski definition) is 0. The van der Waals surface area contributed by atoms with Gasteiger partial charge in [-0.05, 0) is 12.5 Å². The number of alkyl halides is 1. The largest absolute Gasteiger partial charge is 0.197 e. The highest BCUT2D eigenvalue weighted by Crippen LogP contribution is 2.22. The van der Waals surface area contributed by atoms with E-state index >= 15 is 0 Å². The smallest absolute Gasteiger partial charge is 0.127 e. The SMILES string of the molecule is Cc1ccc(C(C)C(Cl)C#N)cc1. The second-order valence-corrected chi connectivity index (χ2v) is 3.70. The van der Waals surface area contributed by atoms with Gasteiger partial charge in [-0.25, -0.2) is 0 Å². The molecule has 0 heterocycles. The molecule has 0 spiro atoms. The van der Waals surface area contributed by atoms with Gasteiger partial charge in [-0.3, -0.25) is 0 Å². The Labute approximate surface area is 84.0 Å². The molecule has 0 radical (unpaired) electrons. The van der Waals surface area contributed by atoms with Gasteiger partial charge in [0.05, 0.1) is 6.07 Å². The van der Waals surface area contributed by atoms with Crippen molar-refractivity contribution >= 4 is 11.6 Å². The maximum atomic E-state index is 8.64. The van der Waals surface area contributed by atoms with Crippen LogP contribution in [0, 0.1) is 18.3 Å². The van der Waals surface area contributed by atoms with Crippen LogP contribution in [0.5, 0.6) is 0 Å². The van der Waals surface area contributed by atoms with Gasteiger partial charge in [-0.2, -0.15) is 5.26 Å². The lowest BCUT2D eigenvalue weighted by Gasteiger charge is -2.11. The van der Waals surface area contributed by atoms with Gasteiger partial charge in [0, 0.05) is 5.92 Å². The van der Waals surface area contributed by atoms with Crippen LogP contribution in [0.3, 0.4) is 0 Å². The summed E-state index contributed by atoms with van der Waals surface area (Å²) in [6, 6.07) is 10.2. The third-order valence-corrected chi connectivity index (χ3v) is 2.64. The molecule has 2 heteroatoms. The number of rotatable bonds is 2. The Morgan fingerprint density at radius 1 is 1.31 bits per heavy atom. The summed E-state index contributed by atoms with van der Waals surface area (Å²) in [5, 5.41) is 8.20. The Bertz CT molecular complexity index is 310. The van der Waals surface area contributed by atoms with Crippen LogP contribution in [0.1, 0.15) is 24.0 Å². The van der Waals surface area contributed by atoms with E-state index in [-0.39, 0.29) is 5.92 Å². The third-order valence-electron chi connectivity index (χ3n) is 2.17. The fourth-order valence-corrected chi connectivity index (χ4v) is 1.30. The molecule has 1 aromatic carbocycles. The van der Waals surface area contributed by atoms with E-state index in [1.54, 1.807) is 0 Å². The van der Waals surface area contributed by atoms with Gasteiger partial charge in [0.2, 0.25) is 0 Å². The van der Waals surface area contributed by atoms with Gasteiger partial charge in [-0.1, -0.05) is 36.8 Å². The molecular formula is C11H12ClN. The number of aryl methyl sites for hydroxylation is 1. The van der Waals surface area contributed by atoms with Crippen molar-refractivity contribution in [3.63, 3.8) is 0 Å². The van der Waals surface area contributed by atoms with E-state index in [0.29, 0.717) is 0 Å². The van der Waals surface area contributed by atoms with Crippen molar-refractivity contribution in [3.8, 4) is 6.07 Å². The average Bonchev–Trinajstić information content (AvgIpc) is 2.17. The fraction of sp³-hybridized carbons (Fsp3) is 0.364. The van der Waals surface area contributed by atoms with Gasteiger partial charge < -0.3 is 0 Å². The number of nitrogens with zero attached hydrogens (tertiary/aromatic N) is 1. The molecule has 0 amide bonds. The van der Waals surface area contributed by atoms with E-state index in [9.17, 15) is 0 Å².